The molecule has 3 heteroatoms. The molecular formula is C18H24O3. The fraction of sp³-hybridized carbons (Fsp3) is 0.611. The first-order valence-electron chi connectivity index (χ1n) is 8.14. The van der Waals surface area contributed by atoms with Crippen molar-refractivity contribution in [3.05, 3.63) is 35.4 Å². The quantitative estimate of drug-likeness (QED) is 0.918. The minimum Gasteiger partial charge on any atom is -0.481 e. The molecule has 2 fully saturated rings. The molecule has 1 saturated heterocycles. The van der Waals surface area contributed by atoms with Crippen LogP contribution >= 0.6 is 0 Å². The zero-order valence-electron chi connectivity index (χ0n) is 12.5. The fourth-order valence-electron chi connectivity index (χ4n) is 3.89. The molecule has 0 atom stereocenters. The van der Waals surface area contributed by atoms with Crippen molar-refractivity contribution in [1.82, 2.24) is 0 Å². The maximum absolute atomic E-state index is 11.8. The lowest BCUT2D eigenvalue weighted by molar-refractivity contribution is -0.145. The molecule has 1 aromatic carbocycles. The van der Waals surface area contributed by atoms with Crippen LogP contribution in [-0.4, -0.2) is 24.3 Å². The van der Waals surface area contributed by atoms with Gasteiger partial charge in [-0.15, -0.1) is 0 Å². The van der Waals surface area contributed by atoms with Gasteiger partial charge in [-0.3, -0.25) is 4.79 Å². The van der Waals surface area contributed by atoms with E-state index in [1.54, 1.807) is 0 Å². The Labute approximate surface area is 126 Å². The van der Waals surface area contributed by atoms with Crippen LogP contribution in [0.4, 0.5) is 0 Å². The summed E-state index contributed by atoms with van der Waals surface area (Å²) in [5.41, 5.74) is 1.68. The summed E-state index contributed by atoms with van der Waals surface area (Å²) in [6, 6.07) is 8.41. The Bertz CT molecular complexity index is 480. The normalized spacial score (nSPS) is 22.9. The Morgan fingerprint density at radius 1 is 1.05 bits per heavy atom. The van der Waals surface area contributed by atoms with E-state index in [0.29, 0.717) is 5.92 Å². The Balaban J connectivity index is 1.83. The third-order valence-corrected chi connectivity index (χ3v) is 5.27. The van der Waals surface area contributed by atoms with Crippen LogP contribution in [0, 0.1) is 0 Å². The van der Waals surface area contributed by atoms with Crippen LogP contribution in [0.3, 0.4) is 0 Å². The summed E-state index contributed by atoms with van der Waals surface area (Å²) in [5.74, 6) is -0.0825. The molecule has 0 radical (unpaired) electrons. The van der Waals surface area contributed by atoms with Gasteiger partial charge in [-0.1, -0.05) is 43.5 Å². The van der Waals surface area contributed by atoms with E-state index in [4.69, 9.17) is 4.74 Å². The summed E-state index contributed by atoms with van der Waals surface area (Å²) in [7, 11) is 0. The van der Waals surface area contributed by atoms with Crippen molar-refractivity contribution in [2.24, 2.45) is 0 Å². The molecule has 0 amide bonds. The SMILES string of the molecule is O=C(O)C1(c2ccc(C3CCOCC3)cc2)CCCCC1. The number of hydrogen-bond donors (Lipinski definition) is 1. The molecule has 0 bridgehead atoms. The number of hydrogen-bond acceptors (Lipinski definition) is 2. The predicted octanol–water partition coefficient (Wildman–Crippen LogP) is 3.87. The molecule has 1 heterocycles. The Hall–Kier alpha value is -1.35. The van der Waals surface area contributed by atoms with Crippen molar-refractivity contribution in [3.63, 3.8) is 0 Å². The number of aliphatic carboxylic acids is 1. The second kappa shape index (κ2) is 6.18. The summed E-state index contributed by atoms with van der Waals surface area (Å²) in [6.45, 7) is 1.68. The maximum Gasteiger partial charge on any atom is 0.314 e. The minimum atomic E-state index is -0.652. The summed E-state index contributed by atoms with van der Waals surface area (Å²) in [5, 5.41) is 9.74. The van der Waals surface area contributed by atoms with Gasteiger partial charge >= 0.3 is 5.97 Å². The van der Waals surface area contributed by atoms with Crippen LogP contribution < -0.4 is 0 Å². The van der Waals surface area contributed by atoms with Gasteiger partial charge in [0.05, 0.1) is 5.41 Å². The molecule has 2 aliphatic rings. The maximum atomic E-state index is 11.8. The predicted molar refractivity (Wildman–Crippen MR) is 81.6 cm³/mol. The second-order valence-corrected chi connectivity index (χ2v) is 6.46. The third-order valence-electron chi connectivity index (χ3n) is 5.27. The van der Waals surface area contributed by atoms with E-state index >= 15 is 0 Å². The van der Waals surface area contributed by atoms with Crippen LogP contribution in [0.25, 0.3) is 0 Å². The topological polar surface area (TPSA) is 46.5 Å². The van der Waals surface area contributed by atoms with Crippen LogP contribution in [0.1, 0.15) is 62.0 Å². The lowest BCUT2D eigenvalue weighted by Crippen LogP contribution is -2.37. The van der Waals surface area contributed by atoms with Gasteiger partial charge in [-0.2, -0.15) is 0 Å². The van der Waals surface area contributed by atoms with Crippen molar-refractivity contribution in [1.29, 1.82) is 0 Å². The van der Waals surface area contributed by atoms with Crippen molar-refractivity contribution in [3.8, 4) is 0 Å². The number of rotatable bonds is 3. The molecule has 3 nitrogen and oxygen atoms in total. The summed E-state index contributed by atoms with van der Waals surface area (Å²) >= 11 is 0. The van der Waals surface area contributed by atoms with Gasteiger partial charge < -0.3 is 9.84 Å². The molecule has 0 unspecified atom stereocenters. The first kappa shape index (κ1) is 14.6. The highest BCUT2D eigenvalue weighted by molar-refractivity contribution is 5.81. The first-order valence-corrected chi connectivity index (χ1v) is 8.14. The molecule has 1 saturated carbocycles. The van der Waals surface area contributed by atoms with Crippen molar-refractivity contribution in [2.45, 2.75) is 56.3 Å². The average molecular weight is 288 g/mol. The molecule has 0 aromatic heterocycles. The fourth-order valence-corrected chi connectivity index (χ4v) is 3.89. The van der Waals surface area contributed by atoms with Gasteiger partial charge in [0.2, 0.25) is 0 Å². The highest BCUT2D eigenvalue weighted by Gasteiger charge is 2.41. The zero-order chi connectivity index (χ0) is 14.7. The number of carboxylic acids is 1. The molecule has 1 aromatic rings. The molecule has 3 rings (SSSR count). The number of ether oxygens (including phenoxy) is 1. The van der Waals surface area contributed by atoms with E-state index in [0.717, 1.165) is 63.7 Å². The van der Waals surface area contributed by atoms with Crippen molar-refractivity contribution >= 4 is 5.97 Å². The molecule has 1 N–H and O–H groups in total. The zero-order valence-corrected chi connectivity index (χ0v) is 12.5. The lowest BCUT2D eigenvalue weighted by Gasteiger charge is -2.34. The molecular weight excluding hydrogens is 264 g/mol. The molecule has 0 spiro atoms. The lowest BCUT2D eigenvalue weighted by atomic mass is 9.69. The number of carbonyl (C=O) groups is 1. The van der Waals surface area contributed by atoms with Crippen molar-refractivity contribution < 1.29 is 14.6 Å². The van der Waals surface area contributed by atoms with E-state index in [-0.39, 0.29) is 0 Å². The number of carboxylic acid groups (broad SMARTS) is 1. The molecule has 1 aliphatic carbocycles. The van der Waals surface area contributed by atoms with E-state index < -0.39 is 11.4 Å². The largest absolute Gasteiger partial charge is 0.481 e. The van der Waals surface area contributed by atoms with Crippen LogP contribution in [0.2, 0.25) is 0 Å². The Morgan fingerprint density at radius 2 is 1.67 bits per heavy atom. The van der Waals surface area contributed by atoms with Crippen LogP contribution in [-0.2, 0) is 14.9 Å². The van der Waals surface area contributed by atoms with E-state index in [1.165, 1.54) is 5.56 Å². The second-order valence-electron chi connectivity index (χ2n) is 6.46. The van der Waals surface area contributed by atoms with Crippen LogP contribution in [0.15, 0.2) is 24.3 Å². The van der Waals surface area contributed by atoms with Gasteiger partial charge in [0.1, 0.15) is 0 Å². The highest BCUT2D eigenvalue weighted by atomic mass is 16.5. The van der Waals surface area contributed by atoms with Gasteiger partial charge in [-0.25, -0.2) is 0 Å². The highest BCUT2D eigenvalue weighted by Crippen LogP contribution is 2.40. The van der Waals surface area contributed by atoms with E-state index in [2.05, 4.69) is 24.3 Å². The minimum absolute atomic E-state index is 0.569. The number of benzene rings is 1. The molecule has 21 heavy (non-hydrogen) atoms. The van der Waals surface area contributed by atoms with Crippen molar-refractivity contribution in [2.75, 3.05) is 13.2 Å². The standard InChI is InChI=1S/C18H24O3/c19-17(20)18(10-2-1-3-11-18)16-6-4-14(5-7-16)15-8-12-21-13-9-15/h4-7,15H,1-3,8-13H2,(H,19,20). The van der Waals surface area contributed by atoms with Crippen LogP contribution in [0.5, 0.6) is 0 Å². The smallest absolute Gasteiger partial charge is 0.314 e. The summed E-state index contributed by atoms with van der Waals surface area (Å²) in [6.07, 6.45) is 6.90. The van der Waals surface area contributed by atoms with E-state index in [1.807, 2.05) is 0 Å². The van der Waals surface area contributed by atoms with Gasteiger partial charge in [0, 0.05) is 13.2 Å². The average Bonchev–Trinajstić information content (AvgIpc) is 2.56. The summed E-state index contributed by atoms with van der Waals surface area (Å²) < 4.78 is 5.41. The molecule has 114 valence electrons. The van der Waals surface area contributed by atoms with Gasteiger partial charge in [-0.05, 0) is 42.7 Å². The third kappa shape index (κ3) is 2.84. The first-order chi connectivity index (χ1) is 10.2. The van der Waals surface area contributed by atoms with Gasteiger partial charge in [0.15, 0.2) is 0 Å². The Morgan fingerprint density at radius 3 is 2.24 bits per heavy atom. The van der Waals surface area contributed by atoms with E-state index in [9.17, 15) is 9.90 Å². The monoisotopic (exact) mass is 288 g/mol. The molecule has 1 aliphatic heterocycles. The Kier molecular flexibility index (Phi) is 4.29. The van der Waals surface area contributed by atoms with Gasteiger partial charge in [0.25, 0.3) is 0 Å². The summed E-state index contributed by atoms with van der Waals surface area (Å²) in [4.78, 5) is 11.8.